The van der Waals surface area contributed by atoms with Crippen molar-refractivity contribution in [3.05, 3.63) is 0 Å². The van der Waals surface area contributed by atoms with Crippen LogP contribution in [0.5, 0.6) is 0 Å². The van der Waals surface area contributed by atoms with Gasteiger partial charge in [0.05, 0.1) is 26.4 Å². The van der Waals surface area contributed by atoms with E-state index in [4.69, 9.17) is 37.0 Å². The van der Waals surface area contributed by atoms with Crippen LogP contribution in [0.4, 0.5) is 0 Å². The molecule has 0 radical (unpaired) electrons. The Hall–Kier alpha value is -1.94. The molecule has 99 heavy (non-hydrogen) atoms. The van der Waals surface area contributed by atoms with E-state index < -0.39 is 97.5 Å². The number of carbonyl (C=O) groups excluding carboxylic acids is 4. The van der Waals surface area contributed by atoms with Gasteiger partial charge in [-0.3, -0.25) is 37.3 Å². The molecule has 3 unspecified atom stereocenters. The summed E-state index contributed by atoms with van der Waals surface area (Å²) in [5.41, 5.74) is 0. The van der Waals surface area contributed by atoms with Gasteiger partial charge in [-0.05, 0) is 43.4 Å². The van der Waals surface area contributed by atoms with Crippen molar-refractivity contribution in [2.75, 3.05) is 39.6 Å². The number of ether oxygens (including phenoxy) is 4. The van der Waals surface area contributed by atoms with Crippen LogP contribution in [-0.4, -0.2) is 96.7 Å². The van der Waals surface area contributed by atoms with Crippen molar-refractivity contribution in [3.63, 3.8) is 0 Å². The molecular formula is C80H156O17P2. The van der Waals surface area contributed by atoms with Crippen molar-refractivity contribution >= 4 is 39.5 Å². The van der Waals surface area contributed by atoms with Gasteiger partial charge >= 0.3 is 39.5 Å². The predicted molar refractivity (Wildman–Crippen MR) is 405 cm³/mol. The van der Waals surface area contributed by atoms with Crippen LogP contribution in [0, 0.1) is 17.8 Å². The standard InChI is InChI=1S/C80H156O17P2/c1-8-10-11-44-54-61-77(82)90-67-75(96-79(84)64-57-50-43-37-31-30-33-39-46-52-59-72(5)6)69-94-98(86,87)92-65-74(81)66-93-99(88,89)95-70-76(68-91-78(83)62-55-48-41-35-28-24-20-17-16-18-22-26-32-38-45-51-58-71(3)4)97-80(85)63-56-49-42-36-29-25-21-15-13-12-14-19-23-27-34-40-47-53-60-73(7)9-2/h71-76,81H,8-70H2,1-7H3,(H,86,87)(H,88,89)/t73?,74-,75+,76+/m0/s1. The fourth-order valence-electron chi connectivity index (χ4n) is 12.3. The lowest BCUT2D eigenvalue weighted by Crippen LogP contribution is -2.30. The topological polar surface area (TPSA) is 237 Å². The van der Waals surface area contributed by atoms with Gasteiger partial charge in [0.15, 0.2) is 12.2 Å². The molecule has 0 heterocycles. The summed E-state index contributed by atoms with van der Waals surface area (Å²) in [5, 5.41) is 10.6. The highest BCUT2D eigenvalue weighted by molar-refractivity contribution is 7.47. The average molecular weight is 1450 g/mol. The highest BCUT2D eigenvalue weighted by Crippen LogP contribution is 2.45. The highest BCUT2D eigenvalue weighted by atomic mass is 31.2. The number of aliphatic hydroxyl groups excluding tert-OH is 1. The molecule has 0 aliphatic rings. The molecular weight excluding hydrogens is 1290 g/mol. The predicted octanol–water partition coefficient (Wildman–Crippen LogP) is 23.7. The van der Waals surface area contributed by atoms with Gasteiger partial charge in [0.1, 0.15) is 19.3 Å². The maximum Gasteiger partial charge on any atom is 0.472 e. The van der Waals surface area contributed by atoms with E-state index in [0.29, 0.717) is 25.7 Å². The van der Waals surface area contributed by atoms with Gasteiger partial charge in [-0.25, -0.2) is 9.13 Å². The lowest BCUT2D eigenvalue weighted by molar-refractivity contribution is -0.161. The molecule has 0 aromatic rings. The van der Waals surface area contributed by atoms with Gasteiger partial charge in [0.2, 0.25) is 0 Å². The van der Waals surface area contributed by atoms with Crippen LogP contribution >= 0.6 is 15.6 Å². The Morgan fingerprint density at radius 2 is 0.515 bits per heavy atom. The quantitative estimate of drug-likeness (QED) is 0.0222. The minimum Gasteiger partial charge on any atom is -0.462 e. The number of phosphoric acid groups is 2. The van der Waals surface area contributed by atoms with Gasteiger partial charge < -0.3 is 33.8 Å². The van der Waals surface area contributed by atoms with E-state index in [-0.39, 0.29) is 25.7 Å². The molecule has 0 saturated heterocycles. The van der Waals surface area contributed by atoms with Crippen LogP contribution in [0.1, 0.15) is 414 Å². The van der Waals surface area contributed by atoms with E-state index in [1.807, 2.05) is 0 Å². The van der Waals surface area contributed by atoms with Crippen LogP contribution in [0.3, 0.4) is 0 Å². The fraction of sp³-hybridized carbons (Fsp3) is 0.950. The van der Waals surface area contributed by atoms with E-state index in [0.717, 1.165) is 114 Å². The molecule has 0 amide bonds. The molecule has 0 aliphatic heterocycles. The summed E-state index contributed by atoms with van der Waals surface area (Å²) in [5.74, 6) is 0.311. The number of rotatable bonds is 78. The van der Waals surface area contributed by atoms with Crippen molar-refractivity contribution in [2.45, 2.75) is 433 Å². The Labute approximate surface area is 607 Å². The van der Waals surface area contributed by atoms with Crippen LogP contribution in [0.25, 0.3) is 0 Å². The summed E-state index contributed by atoms with van der Waals surface area (Å²) < 4.78 is 68.4. The molecule has 0 saturated carbocycles. The van der Waals surface area contributed by atoms with Crippen molar-refractivity contribution in [1.29, 1.82) is 0 Å². The van der Waals surface area contributed by atoms with Crippen LogP contribution in [0.15, 0.2) is 0 Å². The monoisotopic (exact) mass is 1450 g/mol. The number of hydrogen-bond acceptors (Lipinski definition) is 15. The second kappa shape index (κ2) is 70.4. The minimum absolute atomic E-state index is 0.105. The molecule has 6 atom stereocenters. The summed E-state index contributed by atoms with van der Waals surface area (Å²) in [6.45, 7) is 11.9. The lowest BCUT2D eigenvalue weighted by atomic mass is 9.99. The Morgan fingerprint density at radius 3 is 0.768 bits per heavy atom. The van der Waals surface area contributed by atoms with Crippen molar-refractivity contribution in [1.82, 2.24) is 0 Å². The van der Waals surface area contributed by atoms with Crippen molar-refractivity contribution in [3.8, 4) is 0 Å². The third-order valence-corrected chi connectivity index (χ3v) is 20.9. The largest absolute Gasteiger partial charge is 0.472 e. The van der Waals surface area contributed by atoms with Crippen molar-refractivity contribution in [2.24, 2.45) is 17.8 Å². The Bertz CT molecular complexity index is 1920. The first kappa shape index (κ1) is 97.1. The maximum atomic E-state index is 13.1. The number of unbranched alkanes of at least 4 members (excludes halogenated alkanes) is 45. The molecule has 0 spiro atoms. The number of aliphatic hydroxyl groups is 1. The number of carbonyl (C=O) groups is 4. The third-order valence-electron chi connectivity index (χ3n) is 19.0. The highest BCUT2D eigenvalue weighted by Gasteiger charge is 2.30. The average Bonchev–Trinajstić information content (AvgIpc) is 1.15. The zero-order valence-electron chi connectivity index (χ0n) is 65.0. The second-order valence-electron chi connectivity index (χ2n) is 30.0. The summed E-state index contributed by atoms with van der Waals surface area (Å²) in [6, 6.07) is 0. The minimum atomic E-state index is -4.96. The van der Waals surface area contributed by atoms with E-state index in [1.165, 1.54) is 218 Å². The van der Waals surface area contributed by atoms with Crippen LogP contribution < -0.4 is 0 Å². The SMILES string of the molecule is CCCCCCCC(=O)OC[C@H](COP(=O)(O)OC[C@H](O)COP(=O)(O)OC[C@@H](COC(=O)CCCCCCCCCCCCCCCCCCC(C)C)OC(=O)CCCCCCCCCCCCCCCCCCCCC(C)CC)OC(=O)CCCCCCCCCCCCC(C)C. The van der Waals surface area contributed by atoms with Crippen molar-refractivity contribution < 1.29 is 80.2 Å². The molecule has 0 fully saturated rings. The molecule has 0 bridgehead atoms. The number of phosphoric ester groups is 2. The summed E-state index contributed by atoms with van der Waals surface area (Å²) >= 11 is 0. The summed E-state index contributed by atoms with van der Waals surface area (Å²) in [7, 11) is -9.91. The molecule has 588 valence electrons. The first-order chi connectivity index (χ1) is 47.8. The Morgan fingerprint density at radius 1 is 0.293 bits per heavy atom. The van der Waals surface area contributed by atoms with Gasteiger partial charge in [-0.15, -0.1) is 0 Å². The molecule has 0 aromatic heterocycles. The molecule has 0 aromatic carbocycles. The van der Waals surface area contributed by atoms with Gasteiger partial charge in [-0.1, -0.05) is 363 Å². The molecule has 19 heteroatoms. The lowest BCUT2D eigenvalue weighted by Gasteiger charge is -2.21. The molecule has 0 rings (SSSR count). The maximum absolute atomic E-state index is 13.1. The van der Waals surface area contributed by atoms with Gasteiger partial charge in [0.25, 0.3) is 0 Å². The van der Waals surface area contributed by atoms with E-state index >= 15 is 0 Å². The normalized spacial score (nSPS) is 14.3. The Balaban J connectivity index is 5.12. The zero-order chi connectivity index (χ0) is 73.0. The van der Waals surface area contributed by atoms with E-state index in [2.05, 4.69) is 48.5 Å². The van der Waals surface area contributed by atoms with Gasteiger partial charge in [-0.2, -0.15) is 0 Å². The molecule has 17 nitrogen and oxygen atoms in total. The Kier molecular flexibility index (Phi) is 69.0. The summed E-state index contributed by atoms with van der Waals surface area (Å²) in [4.78, 5) is 72.6. The number of esters is 4. The van der Waals surface area contributed by atoms with Crippen LogP contribution in [-0.2, 0) is 65.4 Å². The fourth-order valence-corrected chi connectivity index (χ4v) is 13.9. The van der Waals surface area contributed by atoms with Gasteiger partial charge in [0, 0.05) is 25.7 Å². The first-order valence-corrected chi connectivity index (χ1v) is 44.4. The van der Waals surface area contributed by atoms with E-state index in [9.17, 15) is 43.2 Å². The molecule has 3 N–H and O–H groups in total. The first-order valence-electron chi connectivity index (χ1n) is 41.4. The van der Waals surface area contributed by atoms with E-state index in [1.54, 1.807) is 0 Å². The summed E-state index contributed by atoms with van der Waals surface area (Å²) in [6.07, 6.45) is 58.8. The second-order valence-corrected chi connectivity index (χ2v) is 32.9. The zero-order valence-corrected chi connectivity index (χ0v) is 66.8. The third kappa shape index (κ3) is 72.8. The molecule has 0 aliphatic carbocycles. The number of hydrogen-bond donors (Lipinski definition) is 3. The smallest absolute Gasteiger partial charge is 0.462 e. The van der Waals surface area contributed by atoms with Crippen LogP contribution in [0.2, 0.25) is 0 Å².